The van der Waals surface area contributed by atoms with Crippen molar-refractivity contribution in [2.45, 2.75) is 25.8 Å². The van der Waals surface area contributed by atoms with Crippen molar-refractivity contribution in [2.75, 3.05) is 13.2 Å². The van der Waals surface area contributed by atoms with Crippen molar-refractivity contribution in [1.29, 1.82) is 0 Å². The zero-order chi connectivity index (χ0) is 12.7. The van der Waals surface area contributed by atoms with Gasteiger partial charge in [0.05, 0.1) is 12.6 Å². The molecule has 1 atom stereocenters. The first-order chi connectivity index (χ1) is 8.22. The van der Waals surface area contributed by atoms with E-state index in [1.54, 1.807) is 6.07 Å². The van der Waals surface area contributed by atoms with Crippen molar-refractivity contribution in [3.63, 3.8) is 0 Å². The molecule has 0 fully saturated rings. The third-order valence-electron chi connectivity index (χ3n) is 2.72. The minimum absolute atomic E-state index is 0.0404. The van der Waals surface area contributed by atoms with Crippen molar-refractivity contribution < 1.29 is 9.90 Å². The first-order valence-corrected chi connectivity index (χ1v) is 5.92. The summed E-state index contributed by atoms with van der Waals surface area (Å²) in [7, 11) is 0. The third-order valence-corrected chi connectivity index (χ3v) is 2.72. The molecule has 0 saturated carbocycles. The minimum Gasteiger partial charge on any atom is -0.394 e. The molecule has 1 aromatic rings. The van der Waals surface area contributed by atoms with Crippen molar-refractivity contribution in [3.8, 4) is 0 Å². The lowest BCUT2D eigenvalue weighted by Gasteiger charge is -2.15. The maximum atomic E-state index is 12.0. The Morgan fingerprint density at radius 1 is 1.47 bits per heavy atom. The van der Waals surface area contributed by atoms with Gasteiger partial charge in [-0.05, 0) is 31.0 Å². The van der Waals surface area contributed by atoms with Crippen LogP contribution in [0.3, 0.4) is 0 Å². The van der Waals surface area contributed by atoms with Gasteiger partial charge in [-0.3, -0.25) is 4.79 Å². The van der Waals surface area contributed by atoms with Crippen LogP contribution in [0.4, 0.5) is 0 Å². The number of carbonyl (C=O) groups is 1. The van der Waals surface area contributed by atoms with Crippen LogP contribution in [0, 0.1) is 0 Å². The topological polar surface area (TPSA) is 75.3 Å². The smallest absolute Gasteiger partial charge is 0.251 e. The zero-order valence-electron chi connectivity index (χ0n) is 10.1. The number of nitrogens with one attached hydrogen (secondary N) is 1. The molecule has 94 valence electrons. The fourth-order valence-electron chi connectivity index (χ4n) is 1.66. The first kappa shape index (κ1) is 13.7. The van der Waals surface area contributed by atoms with Gasteiger partial charge >= 0.3 is 0 Å². The van der Waals surface area contributed by atoms with Crippen LogP contribution in [0.15, 0.2) is 24.3 Å². The van der Waals surface area contributed by atoms with E-state index in [4.69, 9.17) is 10.8 Å². The Bertz CT molecular complexity index is 362. The second-order valence-corrected chi connectivity index (χ2v) is 3.96. The molecule has 0 aliphatic rings. The van der Waals surface area contributed by atoms with E-state index >= 15 is 0 Å². The van der Waals surface area contributed by atoms with Gasteiger partial charge in [0.25, 0.3) is 5.91 Å². The molecule has 0 spiro atoms. The Morgan fingerprint density at radius 2 is 2.18 bits per heavy atom. The van der Waals surface area contributed by atoms with Gasteiger partial charge in [0, 0.05) is 5.56 Å². The van der Waals surface area contributed by atoms with Crippen LogP contribution >= 0.6 is 0 Å². The number of rotatable bonds is 6. The average molecular weight is 236 g/mol. The second-order valence-electron chi connectivity index (χ2n) is 3.96. The predicted octanol–water partition coefficient (Wildman–Crippen LogP) is 0.689. The summed E-state index contributed by atoms with van der Waals surface area (Å²) in [5.74, 6) is -0.144. The molecular formula is C13H20N2O2. The Labute approximate surface area is 102 Å². The van der Waals surface area contributed by atoms with Crippen LogP contribution < -0.4 is 11.1 Å². The number of hydrogen-bond acceptors (Lipinski definition) is 3. The molecule has 1 aromatic carbocycles. The zero-order valence-corrected chi connectivity index (χ0v) is 10.1. The van der Waals surface area contributed by atoms with E-state index in [0.717, 1.165) is 5.56 Å². The van der Waals surface area contributed by atoms with Crippen LogP contribution in [0.2, 0.25) is 0 Å². The molecule has 1 rings (SSSR count). The number of aliphatic hydroxyl groups is 1. The van der Waals surface area contributed by atoms with E-state index in [-0.39, 0.29) is 18.6 Å². The SMILES string of the molecule is CC[C@@H](CO)NC(=O)c1ccccc1CCN. The van der Waals surface area contributed by atoms with Gasteiger partial charge < -0.3 is 16.2 Å². The fraction of sp³-hybridized carbons (Fsp3) is 0.462. The summed E-state index contributed by atoms with van der Waals surface area (Å²) >= 11 is 0. The van der Waals surface area contributed by atoms with E-state index in [0.29, 0.717) is 24.9 Å². The lowest BCUT2D eigenvalue weighted by molar-refractivity contribution is 0.0914. The summed E-state index contributed by atoms with van der Waals surface area (Å²) in [6.45, 7) is 2.40. The van der Waals surface area contributed by atoms with Crippen molar-refractivity contribution >= 4 is 5.91 Å². The lowest BCUT2D eigenvalue weighted by Crippen LogP contribution is -2.37. The van der Waals surface area contributed by atoms with Crippen LogP contribution in [-0.2, 0) is 6.42 Å². The summed E-state index contributed by atoms with van der Waals surface area (Å²) in [5.41, 5.74) is 7.10. The lowest BCUT2D eigenvalue weighted by atomic mass is 10.0. The summed E-state index contributed by atoms with van der Waals surface area (Å²) < 4.78 is 0. The molecule has 0 saturated heterocycles. The van der Waals surface area contributed by atoms with Gasteiger partial charge in [-0.1, -0.05) is 25.1 Å². The molecule has 0 radical (unpaired) electrons. The summed E-state index contributed by atoms with van der Waals surface area (Å²) in [6, 6.07) is 7.22. The summed E-state index contributed by atoms with van der Waals surface area (Å²) in [6.07, 6.45) is 1.39. The molecule has 4 nitrogen and oxygen atoms in total. The molecular weight excluding hydrogens is 216 g/mol. The molecule has 17 heavy (non-hydrogen) atoms. The number of benzene rings is 1. The van der Waals surface area contributed by atoms with E-state index in [1.807, 2.05) is 25.1 Å². The molecule has 0 bridgehead atoms. The van der Waals surface area contributed by atoms with Crippen LogP contribution in [-0.4, -0.2) is 30.2 Å². The molecule has 0 aliphatic heterocycles. The Balaban J connectivity index is 2.80. The molecule has 4 N–H and O–H groups in total. The molecule has 4 heteroatoms. The maximum Gasteiger partial charge on any atom is 0.251 e. The quantitative estimate of drug-likeness (QED) is 0.680. The van der Waals surface area contributed by atoms with E-state index in [2.05, 4.69) is 5.32 Å². The highest BCUT2D eigenvalue weighted by atomic mass is 16.3. The van der Waals surface area contributed by atoms with Crippen molar-refractivity contribution in [1.82, 2.24) is 5.32 Å². The Morgan fingerprint density at radius 3 is 2.76 bits per heavy atom. The number of nitrogens with two attached hydrogens (primary N) is 1. The van der Waals surface area contributed by atoms with Gasteiger partial charge in [-0.25, -0.2) is 0 Å². The van der Waals surface area contributed by atoms with Crippen molar-refractivity contribution in [2.24, 2.45) is 5.73 Å². The average Bonchev–Trinajstić information content (AvgIpc) is 2.36. The highest BCUT2D eigenvalue weighted by Crippen LogP contribution is 2.09. The van der Waals surface area contributed by atoms with Crippen LogP contribution in [0.5, 0.6) is 0 Å². The largest absolute Gasteiger partial charge is 0.394 e. The second kappa shape index (κ2) is 7.04. The number of carbonyl (C=O) groups excluding carboxylic acids is 1. The van der Waals surface area contributed by atoms with E-state index in [1.165, 1.54) is 0 Å². The molecule has 0 aromatic heterocycles. The highest BCUT2D eigenvalue weighted by molar-refractivity contribution is 5.95. The van der Waals surface area contributed by atoms with Gasteiger partial charge in [-0.2, -0.15) is 0 Å². The number of aliphatic hydroxyl groups excluding tert-OH is 1. The van der Waals surface area contributed by atoms with E-state index in [9.17, 15) is 4.79 Å². The van der Waals surface area contributed by atoms with Crippen LogP contribution in [0.25, 0.3) is 0 Å². The summed E-state index contributed by atoms with van der Waals surface area (Å²) in [4.78, 5) is 12.0. The van der Waals surface area contributed by atoms with Crippen molar-refractivity contribution in [3.05, 3.63) is 35.4 Å². The van der Waals surface area contributed by atoms with Gasteiger partial charge in [0.2, 0.25) is 0 Å². The van der Waals surface area contributed by atoms with E-state index < -0.39 is 0 Å². The predicted molar refractivity (Wildman–Crippen MR) is 67.8 cm³/mol. The highest BCUT2D eigenvalue weighted by Gasteiger charge is 2.13. The molecule has 0 heterocycles. The fourth-order valence-corrected chi connectivity index (χ4v) is 1.66. The first-order valence-electron chi connectivity index (χ1n) is 5.92. The number of amides is 1. The Hall–Kier alpha value is -1.39. The Kier molecular flexibility index (Phi) is 5.66. The minimum atomic E-state index is -0.187. The monoisotopic (exact) mass is 236 g/mol. The third kappa shape index (κ3) is 3.84. The number of hydrogen-bond donors (Lipinski definition) is 3. The van der Waals surface area contributed by atoms with Gasteiger partial charge in [0.1, 0.15) is 0 Å². The van der Waals surface area contributed by atoms with Gasteiger partial charge in [0.15, 0.2) is 0 Å². The molecule has 0 aliphatic carbocycles. The molecule has 1 amide bonds. The standard InChI is InChI=1S/C13H20N2O2/c1-2-11(9-16)15-13(17)12-6-4-3-5-10(12)7-8-14/h3-6,11,16H,2,7-9,14H2,1H3,(H,15,17)/t11-/m0/s1. The molecule has 0 unspecified atom stereocenters. The summed E-state index contributed by atoms with van der Waals surface area (Å²) in [5, 5.41) is 11.9. The van der Waals surface area contributed by atoms with Crippen LogP contribution in [0.1, 0.15) is 29.3 Å². The normalized spacial score (nSPS) is 12.2. The maximum absolute atomic E-state index is 12.0. The van der Waals surface area contributed by atoms with Gasteiger partial charge in [-0.15, -0.1) is 0 Å².